The Labute approximate surface area is 122 Å². The summed E-state index contributed by atoms with van der Waals surface area (Å²) < 4.78 is 5.11. The average Bonchev–Trinajstić information content (AvgIpc) is 3.00. The molecule has 0 saturated carbocycles. The molecular formula is C14H18N4O3. The molecule has 0 aliphatic rings. The predicted molar refractivity (Wildman–Crippen MR) is 75.1 cm³/mol. The summed E-state index contributed by atoms with van der Waals surface area (Å²) in [6.07, 6.45) is 3.97. The van der Waals surface area contributed by atoms with Crippen LogP contribution in [0.3, 0.4) is 0 Å². The number of aliphatic hydroxyl groups excluding tert-OH is 1. The van der Waals surface area contributed by atoms with Crippen LogP contribution in [0.4, 0.5) is 0 Å². The van der Waals surface area contributed by atoms with Gasteiger partial charge in [-0.2, -0.15) is 4.98 Å². The Bertz CT molecular complexity index is 571. The van der Waals surface area contributed by atoms with E-state index in [0.717, 1.165) is 5.56 Å². The fourth-order valence-corrected chi connectivity index (χ4v) is 1.63. The summed E-state index contributed by atoms with van der Waals surface area (Å²) in [7, 11) is 0. The Balaban J connectivity index is 1.82. The van der Waals surface area contributed by atoms with Crippen molar-refractivity contribution < 1.29 is 14.4 Å². The van der Waals surface area contributed by atoms with Gasteiger partial charge in [0.05, 0.1) is 0 Å². The van der Waals surface area contributed by atoms with E-state index in [1.54, 1.807) is 18.5 Å². The minimum atomic E-state index is -0.101. The van der Waals surface area contributed by atoms with Gasteiger partial charge in [0.15, 0.2) is 0 Å². The molecule has 2 aromatic heterocycles. The van der Waals surface area contributed by atoms with Gasteiger partial charge in [0.1, 0.15) is 0 Å². The van der Waals surface area contributed by atoms with Crippen molar-refractivity contribution >= 4 is 5.91 Å². The average molecular weight is 290 g/mol. The molecule has 0 aliphatic heterocycles. The van der Waals surface area contributed by atoms with E-state index in [1.165, 1.54) is 0 Å². The van der Waals surface area contributed by atoms with Gasteiger partial charge in [-0.1, -0.05) is 12.1 Å². The number of nitrogens with zero attached hydrogens (tertiary/aromatic N) is 3. The Morgan fingerprint density at radius 3 is 3.10 bits per heavy atom. The highest BCUT2D eigenvalue weighted by atomic mass is 16.5. The number of aryl methyl sites for hydroxylation is 1. The molecular weight excluding hydrogens is 272 g/mol. The third kappa shape index (κ3) is 4.64. The number of rotatable bonds is 7. The van der Waals surface area contributed by atoms with Gasteiger partial charge in [-0.25, -0.2) is 0 Å². The second-order valence-corrected chi connectivity index (χ2v) is 4.85. The topological polar surface area (TPSA) is 101 Å². The minimum Gasteiger partial charge on any atom is -0.396 e. The largest absolute Gasteiger partial charge is 0.396 e. The van der Waals surface area contributed by atoms with Crippen molar-refractivity contribution in [2.24, 2.45) is 5.92 Å². The summed E-state index contributed by atoms with van der Waals surface area (Å²) in [4.78, 5) is 19.8. The fourth-order valence-electron chi connectivity index (χ4n) is 1.63. The van der Waals surface area contributed by atoms with Crippen molar-refractivity contribution in [1.82, 2.24) is 20.4 Å². The molecule has 1 unspecified atom stereocenters. The lowest BCUT2D eigenvalue weighted by Crippen LogP contribution is -2.29. The molecule has 0 fully saturated rings. The van der Waals surface area contributed by atoms with E-state index in [1.807, 2.05) is 13.0 Å². The maximum atomic E-state index is 11.6. The smallest absolute Gasteiger partial charge is 0.227 e. The summed E-state index contributed by atoms with van der Waals surface area (Å²) in [5.74, 6) is 0.831. The van der Waals surface area contributed by atoms with Gasteiger partial charge >= 0.3 is 0 Å². The lowest BCUT2D eigenvalue weighted by atomic mass is 10.2. The van der Waals surface area contributed by atoms with Crippen LogP contribution in [0.5, 0.6) is 0 Å². The molecule has 21 heavy (non-hydrogen) atoms. The van der Waals surface area contributed by atoms with Crippen LogP contribution in [0.25, 0.3) is 11.4 Å². The van der Waals surface area contributed by atoms with Crippen molar-refractivity contribution in [3.63, 3.8) is 0 Å². The van der Waals surface area contributed by atoms with Gasteiger partial charge in [-0.05, 0) is 18.1 Å². The molecule has 1 atom stereocenters. The maximum Gasteiger partial charge on any atom is 0.227 e. The van der Waals surface area contributed by atoms with E-state index < -0.39 is 0 Å². The third-order valence-electron chi connectivity index (χ3n) is 2.91. The zero-order valence-corrected chi connectivity index (χ0v) is 11.8. The SMILES string of the molecule is CC(CO)CNC(=O)CCc1nc(-c2cccnc2)no1. The van der Waals surface area contributed by atoms with E-state index in [9.17, 15) is 4.79 Å². The van der Waals surface area contributed by atoms with Crippen LogP contribution in [0.15, 0.2) is 29.0 Å². The number of nitrogens with one attached hydrogen (secondary N) is 1. The fraction of sp³-hybridized carbons (Fsp3) is 0.429. The van der Waals surface area contributed by atoms with Gasteiger partial charge in [0, 0.05) is 44.0 Å². The van der Waals surface area contributed by atoms with Crippen LogP contribution in [-0.2, 0) is 11.2 Å². The van der Waals surface area contributed by atoms with Gasteiger partial charge in [0.25, 0.3) is 0 Å². The zero-order valence-electron chi connectivity index (χ0n) is 11.8. The normalized spacial score (nSPS) is 12.1. The Morgan fingerprint density at radius 1 is 1.52 bits per heavy atom. The van der Waals surface area contributed by atoms with Gasteiger partial charge < -0.3 is 14.9 Å². The molecule has 0 bridgehead atoms. The van der Waals surface area contributed by atoms with E-state index in [2.05, 4.69) is 20.4 Å². The van der Waals surface area contributed by atoms with Gasteiger partial charge in [-0.15, -0.1) is 0 Å². The van der Waals surface area contributed by atoms with E-state index in [4.69, 9.17) is 9.63 Å². The zero-order chi connectivity index (χ0) is 15.1. The molecule has 2 rings (SSSR count). The predicted octanol–water partition coefficient (Wildman–Crippen LogP) is 0.809. The Kier molecular flexibility index (Phi) is 5.39. The Hall–Kier alpha value is -2.28. The van der Waals surface area contributed by atoms with Gasteiger partial charge in [-0.3, -0.25) is 9.78 Å². The second kappa shape index (κ2) is 7.49. The highest BCUT2D eigenvalue weighted by Gasteiger charge is 2.11. The molecule has 0 aliphatic carbocycles. The van der Waals surface area contributed by atoms with Crippen LogP contribution >= 0.6 is 0 Å². The lowest BCUT2D eigenvalue weighted by molar-refractivity contribution is -0.121. The first-order valence-electron chi connectivity index (χ1n) is 6.79. The van der Waals surface area contributed by atoms with Crippen LogP contribution < -0.4 is 5.32 Å². The molecule has 2 N–H and O–H groups in total. The number of hydrogen-bond acceptors (Lipinski definition) is 6. The number of carbonyl (C=O) groups is 1. The van der Waals surface area contributed by atoms with E-state index in [-0.39, 0.29) is 24.9 Å². The molecule has 7 heteroatoms. The number of carbonyl (C=O) groups excluding carboxylic acids is 1. The van der Waals surface area contributed by atoms with Crippen molar-refractivity contribution in [2.75, 3.05) is 13.2 Å². The number of aromatic nitrogens is 3. The lowest BCUT2D eigenvalue weighted by Gasteiger charge is -2.08. The van der Waals surface area contributed by atoms with Crippen molar-refractivity contribution in [1.29, 1.82) is 0 Å². The molecule has 0 saturated heterocycles. The second-order valence-electron chi connectivity index (χ2n) is 4.85. The number of aliphatic hydroxyl groups is 1. The summed E-state index contributed by atoms with van der Waals surface area (Å²) in [5.41, 5.74) is 0.772. The maximum absolute atomic E-state index is 11.6. The van der Waals surface area contributed by atoms with Crippen LogP contribution in [0, 0.1) is 5.92 Å². The van der Waals surface area contributed by atoms with Crippen molar-refractivity contribution in [3.05, 3.63) is 30.4 Å². The summed E-state index contributed by atoms with van der Waals surface area (Å²) >= 11 is 0. The van der Waals surface area contributed by atoms with Crippen molar-refractivity contribution in [3.8, 4) is 11.4 Å². The van der Waals surface area contributed by atoms with Crippen molar-refractivity contribution in [2.45, 2.75) is 19.8 Å². The monoisotopic (exact) mass is 290 g/mol. The van der Waals surface area contributed by atoms with E-state index >= 15 is 0 Å². The summed E-state index contributed by atoms with van der Waals surface area (Å²) in [5, 5.41) is 15.5. The van der Waals surface area contributed by atoms with Crippen LogP contribution in [0.1, 0.15) is 19.2 Å². The number of pyridine rings is 1. The molecule has 2 aromatic rings. The third-order valence-corrected chi connectivity index (χ3v) is 2.91. The molecule has 2 heterocycles. The standard InChI is InChI=1S/C14H18N4O3/c1-10(9-19)7-16-12(20)4-5-13-17-14(18-21-13)11-3-2-6-15-8-11/h2-3,6,8,10,19H,4-5,7,9H2,1H3,(H,16,20). The number of amides is 1. The molecule has 0 radical (unpaired) electrons. The quantitative estimate of drug-likeness (QED) is 0.782. The molecule has 0 spiro atoms. The van der Waals surface area contributed by atoms with Gasteiger partial charge in [0.2, 0.25) is 17.6 Å². The summed E-state index contributed by atoms with van der Waals surface area (Å²) in [6.45, 7) is 2.37. The number of hydrogen-bond donors (Lipinski definition) is 2. The molecule has 112 valence electrons. The molecule has 7 nitrogen and oxygen atoms in total. The highest BCUT2D eigenvalue weighted by Crippen LogP contribution is 2.14. The Morgan fingerprint density at radius 2 is 2.38 bits per heavy atom. The minimum absolute atomic E-state index is 0.0505. The first-order chi connectivity index (χ1) is 10.2. The summed E-state index contributed by atoms with van der Waals surface area (Å²) in [6, 6.07) is 3.63. The highest BCUT2D eigenvalue weighted by molar-refractivity contribution is 5.76. The van der Waals surface area contributed by atoms with E-state index in [0.29, 0.717) is 24.7 Å². The first-order valence-corrected chi connectivity index (χ1v) is 6.79. The first kappa shape index (κ1) is 15.1. The van der Waals surface area contributed by atoms with Crippen LogP contribution in [-0.4, -0.2) is 39.3 Å². The molecule has 0 aromatic carbocycles. The van der Waals surface area contributed by atoms with Crippen LogP contribution in [0.2, 0.25) is 0 Å². The molecule has 1 amide bonds.